The van der Waals surface area contributed by atoms with Crippen LogP contribution in [0.2, 0.25) is 0 Å². The summed E-state index contributed by atoms with van der Waals surface area (Å²) >= 11 is 0. The highest BCUT2D eigenvalue weighted by Gasteiger charge is 2.22. The van der Waals surface area contributed by atoms with Crippen molar-refractivity contribution in [3.05, 3.63) is 89.1 Å². The van der Waals surface area contributed by atoms with Gasteiger partial charge >= 0.3 is 0 Å². The maximum atomic E-state index is 4.95. The Morgan fingerprint density at radius 1 is 1.03 bits per heavy atom. The number of hydrogen-bond acceptors (Lipinski definition) is 3. The van der Waals surface area contributed by atoms with E-state index < -0.39 is 0 Å². The van der Waals surface area contributed by atoms with Gasteiger partial charge < -0.3 is 10.6 Å². The van der Waals surface area contributed by atoms with Crippen molar-refractivity contribution in [1.29, 1.82) is 0 Å². The van der Waals surface area contributed by atoms with Crippen LogP contribution in [0.25, 0.3) is 0 Å². The van der Waals surface area contributed by atoms with Gasteiger partial charge in [-0.15, -0.1) is 0 Å². The molecular formula is C27H37N3. The Morgan fingerprint density at radius 3 is 2.33 bits per heavy atom. The molecule has 3 rings (SSSR count). The first-order valence-corrected chi connectivity index (χ1v) is 11.1. The van der Waals surface area contributed by atoms with Gasteiger partial charge in [0.15, 0.2) is 0 Å². The number of hydrogen-bond donors (Lipinski definition) is 2. The average molecular weight is 404 g/mol. The molecule has 2 aromatic carbocycles. The van der Waals surface area contributed by atoms with Crippen LogP contribution in [0.3, 0.4) is 0 Å². The highest BCUT2D eigenvalue weighted by molar-refractivity contribution is 6.05. The van der Waals surface area contributed by atoms with Gasteiger partial charge in [-0.3, -0.25) is 0 Å². The lowest BCUT2D eigenvalue weighted by Gasteiger charge is -2.27. The molecule has 0 spiro atoms. The molecule has 1 atom stereocenters. The van der Waals surface area contributed by atoms with Crippen LogP contribution in [0.15, 0.2) is 77.4 Å². The van der Waals surface area contributed by atoms with Gasteiger partial charge in [0.2, 0.25) is 0 Å². The van der Waals surface area contributed by atoms with Crippen LogP contribution >= 0.6 is 0 Å². The largest absolute Gasteiger partial charge is 0.359 e. The van der Waals surface area contributed by atoms with Gasteiger partial charge in [0.1, 0.15) is 12.0 Å². The number of nitrogens with zero attached hydrogens (tertiary/aromatic N) is 1. The summed E-state index contributed by atoms with van der Waals surface area (Å²) in [5, 5.41) is 6.94. The third kappa shape index (κ3) is 6.62. The number of amidine groups is 1. The van der Waals surface area contributed by atoms with Crippen molar-refractivity contribution in [3.63, 3.8) is 0 Å². The van der Waals surface area contributed by atoms with E-state index in [9.17, 15) is 0 Å². The SMILES string of the molecule is C=C(C=C(C)C)NC1=NC(c2ccccc2CC)Nc2ccccc21.CCCCC. The van der Waals surface area contributed by atoms with Gasteiger partial charge in [-0.05, 0) is 49.6 Å². The van der Waals surface area contributed by atoms with Gasteiger partial charge in [0, 0.05) is 16.9 Å². The Kier molecular flexibility index (Phi) is 9.40. The molecule has 0 saturated carbocycles. The van der Waals surface area contributed by atoms with Crippen molar-refractivity contribution < 1.29 is 0 Å². The molecule has 0 fully saturated rings. The molecule has 0 radical (unpaired) electrons. The minimum Gasteiger partial charge on any atom is -0.359 e. The van der Waals surface area contributed by atoms with Crippen molar-refractivity contribution in [3.8, 4) is 0 Å². The van der Waals surface area contributed by atoms with Crippen LogP contribution in [0.4, 0.5) is 5.69 Å². The lowest BCUT2D eigenvalue weighted by atomic mass is 10.0. The molecule has 0 bridgehead atoms. The molecule has 3 heteroatoms. The highest BCUT2D eigenvalue weighted by atomic mass is 15.2. The summed E-state index contributed by atoms with van der Waals surface area (Å²) in [7, 11) is 0. The van der Waals surface area contributed by atoms with Crippen LogP contribution in [0.5, 0.6) is 0 Å². The quantitative estimate of drug-likeness (QED) is 0.493. The van der Waals surface area contributed by atoms with Gasteiger partial charge in [-0.1, -0.05) is 88.6 Å². The van der Waals surface area contributed by atoms with Crippen LogP contribution in [0, 0.1) is 0 Å². The summed E-state index contributed by atoms with van der Waals surface area (Å²) < 4.78 is 0. The molecule has 160 valence electrons. The van der Waals surface area contributed by atoms with Crippen molar-refractivity contribution >= 4 is 11.5 Å². The van der Waals surface area contributed by atoms with E-state index in [0.29, 0.717) is 0 Å². The highest BCUT2D eigenvalue weighted by Crippen LogP contribution is 2.31. The number of para-hydroxylation sites is 1. The number of unbranched alkanes of at least 4 members (excludes halogenated alkanes) is 2. The minimum atomic E-state index is -0.104. The van der Waals surface area contributed by atoms with E-state index in [4.69, 9.17) is 4.99 Å². The fourth-order valence-corrected chi connectivity index (χ4v) is 3.45. The molecule has 2 aromatic rings. The van der Waals surface area contributed by atoms with E-state index in [1.165, 1.54) is 36.0 Å². The lowest BCUT2D eigenvalue weighted by Crippen LogP contribution is -2.30. The second kappa shape index (κ2) is 12.0. The maximum Gasteiger partial charge on any atom is 0.147 e. The van der Waals surface area contributed by atoms with Gasteiger partial charge in [-0.2, -0.15) is 0 Å². The van der Waals surface area contributed by atoms with Crippen molar-refractivity contribution in [2.24, 2.45) is 4.99 Å². The molecular weight excluding hydrogens is 366 g/mol. The van der Waals surface area contributed by atoms with Crippen LogP contribution in [-0.2, 0) is 6.42 Å². The molecule has 2 N–H and O–H groups in total. The maximum absolute atomic E-state index is 4.95. The van der Waals surface area contributed by atoms with E-state index >= 15 is 0 Å². The Morgan fingerprint density at radius 2 is 1.70 bits per heavy atom. The number of rotatable bonds is 6. The second-order valence-electron chi connectivity index (χ2n) is 7.85. The predicted molar refractivity (Wildman–Crippen MR) is 132 cm³/mol. The standard InChI is InChI=1S/C22H25N3.C5H12/c1-5-17-10-6-7-11-18(17)21-24-20-13-9-8-12-19(20)22(25-21)23-16(4)14-15(2)3;1-3-5-4-2/h6-14,21,24H,4-5H2,1-3H3,(H,23,25);3-5H2,1-2H3. The molecule has 0 aromatic heterocycles. The first-order chi connectivity index (χ1) is 14.5. The Labute approximate surface area is 183 Å². The molecule has 1 heterocycles. The van der Waals surface area contributed by atoms with Crippen LogP contribution in [-0.4, -0.2) is 5.84 Å². The zero-order chi connectivity index (χ0) is 21.9. The third-order valence-corrected chi connectivity index (χ3v) is 4.91. The number of aliphatic imine (C=N–C) groups is 1. The number of fused-ring (bicyclic) bond motifs is 1. The van der Waals surface area contributed by atoms with Crippen molar-refractivity contribution in [2.45, 2.75) is 66.5 Å². The number of allylic oxidation sites excluding steroid dienone is 2. The molecule has 0 amide bonds. The van der Waals surface area contributed by atoms with E-state index in [1.807, 2.05) is 18.2 Å². The van der Waals surface area contributed by atoms with Gasteiger partial charge in [0.25, 0.3) is 0 Å². The van der Waals surface area contributed by atoms with E-state index in [2.05, 4.69) is 88.2 Å². The fourth-order valence-electron chi connectivity index (χ4n) is 3.45. The number of benzene rings is 2. The third-order valence-electron chi connectivity index (χ3n) is 4.91. The Bertz CT molecular complexity index is 886. The van der Waals surface area contributed by atoms with E-state index in [0.717, 1.165) is 29.2 Å². The van der Waals surface area contributed by atoms with Crippen molar-refractivity contribution in [2.75, 3.05) is 5.32 Å². The summed E-state index contributed by atoms with van der Waals surface area (Å²) in [4.78, 5) is 4.95. The topological polar surface area (TPSA) is 36.4 Å². The second-order valence-corrected chi connectivity index (χ2v) is 7.85. The van der Waals surface area contributed by atoms with E-state index in [1.54, 1.807) is 0 Å². The lowest BCUT2D eigenvalue weighted by molar-refractivity contribution is 0.772. The Balaban J connectivity index is 0.000000575. The molecule has 30 heavy (non-hydrogen) atoms. The van der Waals surface area contributed by atoms with Crippen LogP contribution < -0.4 is 10.6 Å². The van der Waals surface area contributed by atoms with Crippen LogP contribution in [0.1, 0.15) is 76.7 Å². The zero-order valence-corrected chi connectivity index (χ0v) is 19.3. The predicted octanol–water partition coefficient (Wildman–Crippen LogP) is 7.39. The molecule has 0 saturated heterocycles. The van der Waals surface area contributed by atoms with Gasteiger partial charge in [0.05, 0.1) is 0 Å². The average Bonchev–Trinajstić information content (AvgIpc) is 2.74. The molecule has 3 nitrogen and oxygen atoms in total. The molecule has 0 aliphatic carbocycles. The summed E-state index contributed by atoms with van der Waals surface area (Å²) in [6.45, 7) is 14.8. The number of anilines is 1. The normalized spacial score (nSPS) is 14.3. The first-order valence-electron chi connectivity index (χ1n) is 11.1. The minimum absolute atomic E-state index is 0.104. The monoisotopic (exact) mass is 403 g/mol. The molecule has 1 unspecified atom stereocenters. The number of aryl methyl sites for hydroxylation is 1. The summed E-state index contributed by atoms with van der Waals surface area (Å²) in [6, 6.07) is 16.7. The number of nitrogens with one attached hydrogen (secondary N) is 2. The zero-order valence-electron chi connectivity index (χ0n) is 19.3. The Hall–Kier alpha value is -2.81. The van der Waals surface area contributed by atoms with Gasteiger partial charge in [-0.25, -0.2) is 4.99 Å². The first kappa shape index (κ1) is 23.5. The van der Waals surface area contributed by atoms with Crippen molar-refractivity contribution in [1.82, 2.24) is 5.32 Å². The summed E-state index contributed by atoms with van der Waals surface area (Å²) in [5.74, 6) is 0.854. The summed E-state index contributed by atoms with van der Waals surface area (Å²) in [6.07, 6.45) is 6.99. The molecule has 1 aliphatic rings. The molecule has 1 aliphatic heterocycles. The fraction of sp³-hybridized carbons (Fsp3) is 0.370. The summed E-state index contributed by atoms with van der Waals surface area (Å²) in [5.41, 5.74) is 6.72. The van der Waals surface area contributed by atoms with E-state index in [-0.39, 0.29) is 6.17 Å². The smallest absolute Gasteiger partial charge is 0.147 e.